The van der Waals surface area contributed by atoms with Crippen molar-refractivity contribution in [2.24, 2.45) is 0 Å². The normalized spacial score (nSPS) is 12.6. The molecule has 2 N–H and O–H groups in total. The standard InChI is InChI=1S/C19H19N5O2/c1-2-10-21-19(26)17-23-16(15-5-3-4-11-24(15)17)18(25)22-14-8-6-13(12-20)7-9-14/h2,6-9H,1,3-5,10-11H2,(H,21,26)(H,22,25). The van der Waals surface area contributed by atoms with Gasteiger partial charge in [-0.15, -0.1) is 6.58 Å². The van der Waals surface area contributed by atoms with Crippen LogP contribution in [-0.2, 0) is 13.0 Å². The minimum atomic E-state index is -0.358. The van der Waals surface area contributed by atoms with Crippen molar-refractivity contribution >= 4 is 17.5 Å². The summed E-state index contributed by atoms with van der Waals surface area (Å²) >= 11 is 0. The molecule has 1 aromatic carbocycles. The maximum Gasteiger partial charge on any atom is 0.287 e. The van der Waals surface area contributed by atoms with Gasteiger partial charge in [-0.25, -0.2) is 4.98 Å². The Labute approximate surface area is 151 Å². The number of anilines is 1. The summed E-state index contributed by atoms with van der Waals surface area (Å²) in [6.45, 7) is 4.59. The van der Waals surface area contributed by atoms with Crippen molar-refractivity contribution in [1.82, 2.24) is 14.9 Å². The zero-order valence-electron chi connectivity index (χ0n) is 14.3. The van der Waals surface area contributed by atoms with Gasteiger partial charge < -0.3 is 15.2 Å². The lowest BCUT2D eigenvalue weighted by molar-refractivity contribution is 0.0942. The molecule has 1 aromatic heterocycles. The van der Waals surface area contributed by atoms with Crippen LogP contribution in [0.2, 0.25) is 0 Å². The molecule has 3 rings (SSSR count). The van der Waals surface area contributed by atoms with Crippen molar-refractivity contribution in [2.75, 3.05) is 11.9 Å². The van der Waals surface area contributed by atoms with Crippen molar-refractivity contribution in [3.05, 3.63) is 59.7 Å². The summed E-state index contributed by atoms with van der Waals surface area (Å²) in [7, 11) is 0. The molecule has 2 amide bonds. The Morgan fingerprint density at radius 1 is 1.27 bits per heavy atom. The highest BCUT2D eigenvalue weighted by Gasteiger charge is 2.27. The molecule has 0 aliphatic carbocycles. The van der Waals surface area contributed by atoms with Gasteiger partial charge in [0.05, 0.1) is 17.3 Å². The van der Waals surface area contributed by atoms with Gasteiger partial charge in [-0.2, -0.15) is 5.26 Å². The number of fused-ring (bicyclic) bond motifs is 1. The van der Waals surface area contributed by atoms with E-state index in [1.165, 1.54) is 0 Å². The van der Waals surface area contributed by atoms with Crippen LogP contribution in [0.4, 0.5) is 5.69 Å². The lowest BCUT2D eigenvalue weighted by Gasteiger charge is -2.17. The van der Waals surface area contributed by atoms with Crippen molar-refractivity contribution in [3.8, 4) is 6.07 Å². The second-order valence-electron chi connectivity index (χ2n) is 5.98. The molecule has 0 unspecified atom stereocenters. The molecule has 132 valence electrons. The summed E-state index contributed by atoms with van der Waals surface area (Å²) in [4.78, 5) is 29.4. The molecule has 0 bridgehead atoms. The van der Waals surface area contributed by atoms with Crippen LogP contribution >= 0.6 is 0 Å². The maximum atomic E-state index is 12.7. The average molecular weight is 349 g/mol. The van der Waals surface area contributed by atoms with E-state index in [1.54, 1.807) is 30.3 Å². The Hall–Kier alpha value is -3.40. The van der Waals surface area contributed by atoms with Crippen LogP contribution in [0.15, 0.2) is 36.9 Å². The van der Waals surface area contributed by atoms with Gasteiger partial charge in [0.1, 0.15) is 0 Å². The van der Waals surface area contributed by atoms with E-state index in [9.17, 15) is 9.59 Å². The van der Waals surface area contributed by atoms with Crippen molar-refractivity contribution in [2.45, 2.75) is 25.8 Å². The molecule has 0 spiro atoms. The number of amides is 2. The minimum Gasteiger partial charge on any atom is -0.346 e. The van der Waals surface area contributed by atoms with Gasteiger partial charge >= 0.3 is 0 Å². The molecule has 2 heterocycles. The third-order valence-electron chi connectivity index (χ3n) is 4.21. The fraction of sp³-hybridized carbons (Fsp3) is 0.263. The molecule has 0 saturated carbocycles. The van der Waals surface area contributed by atoms with Crippen LogP contribution in [0.1, 0.15) is 45.2 Å². The van der Waals surface area contributed by atoms with Gasteiger partial charge in [-0.3, -0.25) is 9.59 Å². The summed E-state index contributed by atoms with van der Waals surface area (Å²) in [5, 5.41) is 14.3. The zero-order chi connectivity index (χ0) is 18.5. The number of nitrogens with one attached hydrogen (secondary N) is 2. The van der Waals surface area contributed by atoms with E-state index in [-0.39, 0.29) is 23.3 Å². The van der Waals surface area contributed by atoms with Crippen LogP contribution in [0.3, 0.4) is 0 Å². The summed E-state index contributed by atoms with van der Waals surface area (Å²) in [6, 6.07) is 8.62. The molecule has 7 heteroatoms. The zero-order valence-corrected chi connectivity index (χ0v) is 14.3. The van der Waals surface area contributed by atoms with Gasteiger partial charge in [0.2, 0.25) is 0 Å². The molecular formula is C19H19N5O2. The SMILES string of the molecule is C=CCNC(=O)c1nc(C(=O)Nc2ccc(C#N)cc2)c2n1CCCC2. The average Bonchev–Trinajstić information content (AvgIpc) is 3.06. The minimum absolute atomic E-state index is 0.256. The second-order valence-corrected chi connectivity index (χ2v) is 5.98. The van der Waals surface area contributed by atoms with Crippen LogP contribution in [0, 0.1) is 11.3 Å². The van der Waals surface area contributed by atoms with Gasteiger partial charge in [0, 0.05) is 18.8 Å². The number of nitriles is 1. The summed E-state index contributed by atoms with van der Waals surface area (Å²) in [5.41, 5.74) is 2.15. The van der Waals surface area contributed by atoms with Crippen molar-refractivity contribution in [1.29, 1.82) is 5.26 Å². The second kappa shape index (κ2) is 7.66. The molecule has 0 fully saturated rings. The van der Waals surface area contributed by atoms with Crippen LogP contribution in [-0.4, -0.2) is 27.9 Å². The third kappa shape index (κ3) is 3.49. The van der Waals surface area contributed by atoms with E-state index >= 15 is 0 Å². The highest BCUT2D eigenvalue weighted by Crippen LogP contribution is 2.22. The molecular weight excluding hydrogens is 330 g/mol. The smallest absolute Gasteiger partial charge is 0.287 e. The fourth-order valence-electron chi connectivity index (χ4n) is 2.96. The first-order valence-corrected chi connectivity index (χ1v) is 8.44. The molecule has 0 atom stereocenters. The third-order valence-corrected chi connectivity index (χ3v) is 4.21. The Morgan fingerprint density at radius 3 is 2.73 bits per heavy atom. The Balaban J connectivity index is 1.87. The molecule has 26 heavy (non-hydrogen) atoms. The number of nitrogens with zero attached hydrogens (tertiary/aromatic N) is 3. The first-order chi connectivity index (χ1) is 12.6. The van der Waals surface area contributed by atoms with Crippen LogP contribution < -0.4 is 10.6 Å². The van der Waals surface area contributed by atoms with E-state index < -0.39 is 0 Å². The number of rotatable bonds is 5. The van der Waals surface area contributed by atoms with Crippen LogP contribution in [0.25, 0.3) is 0 Å². The molecule has 0 radical (unpaired) electrons. The topological polar surface area (TPSA) is 99.8 Å². The molecule has 1 aliphatic heterocycles. The molecule has 2 aromatic rings. The largest absolute Gasteiger partial charge is 0.346 e. The number of carbonyl (C=O) groups is 2. The number of hydrogen-bond donors (Lipinski definition) is 2. The Bertz CT molecular complexity index is 890. The summed E-state index contributed by atoms with van der Waals surface area (Å²) in [5.74, 6) is -0.417. The van der Waals surface area contributed by atoms with E-state index in [1.807, 2.05) is 10.6 Å². The number of carbonyl (C=O) groups excluding carboxylic acids is 2. The number of hydrogen-bond acceptors (Lipinski definition) is 4. The highest BCUT2D eigenvalue weighted by molar-refractivity contribution is 6.05. The number of benzene rings is 1. The maximum absolute atomic E-state index is 12.7. The summed E-state index contributed by atoms with van der Waals surface area (Å²) < 4.78 is 1.83. The highest BCUT2D eigenvalue weighted by atomic mass is 16.2. The first kappa shape index (κ1) is 17.4. The van der Waals surface area contributed by atoms with Gasteiger partial charge in [0.15, 0.2) is 11.5 Å². The quantitative estimate of drug-likeness (QED) is 0.809. The number of aromatic nitrogens is 2. The molecule has 0 saturated heterocycles. The summed E-state index contributed by atoms with van der Waals surface area (Å²) in [6.07, 6.45) is 4.20. The van der Waals surface area contributed by atoms with Gasteiger partial charge in [0.25, 0.3) is 11.8 Å². The fourth-order valence-corrected chi connectivity index (χ4v) is 2.96. The lowest BCUT2D eigenvalue weighted by atomic mass is 10.1. The number of imidazole rings is 1. The predicted molar refractivity (Wildman–Crippen MR) is 96.8 cm³/mol. The Kier molecular flexibility index (Phi) is 5.13. The monoisotopic (exact) mass is 349 g/mol. The predicted octanol–water partition coefficient (Wildman–Crippen LogP) is 2.26. The van der Waals surface area contributed by atoms with Crippen molar-refractivity contribution in [3.63, 3.8) is 0 Å². The lowest BCUT2D eigenvalue weighted by Crippen LogP contribution is -2.28. The Morgan fingerprint density at radius 2 is 2.04 bits per heavy atom. The van der Waals surface area contributed by atoms with E-state index in [0.717, 1.165) is 18.5 Å². The molecule has 1 aliphatic rings. The van der Waals surface area contributed by atoms with Crippen LogP contribution in [0.5, 0.6) is 0 Å². The molecule has 7 nitrogen and oxygen atoms in total. The van der Waals surface area contributed by atoms with E-state index in [2.05, 4.69) is 22.2 Å². The van der Waals surface area contributed by atoms with Crippen molar-refractivity contribution < 1.29 is 9.59 Å². The van der Waals surface area contributed by atoms with E-state index in [4.69, 9.17) is 5.26 Å². The van der Waals surface area contributed by atoms with E-state index in [0.29, 0.717) is 30.8 Å². The first-order valence-electron chi connectivity index (χ1n) is 8.44. The van der Waals surface area contributed by atoms with Gasteiger partial charge in [-0.05, 0) is 43.5 Å². The van der Waals surface area contributed by atoms with Gasteiger partial charge in [-0.1, -0.05) is 6.08 Å².